The van der Waals surface area contributed by atoms with Gasteiger partial charge < -0.3 is 10.6 Å². The molecule has 0 aliphatic heterocycles. The number of thiazole rings is 1. The molecule has 0 unspecified atom stereocenters. The Kier molecular flexibility index (Phi) is 4.07. The molecule has 4 rings (SSSR count). The Hall–Kier alpha value is -2.19. The van der Waals surface area contributed by atoms with Gasteiger partial charge in [0.2, 0.25) is 0 Å². The number of nitrogens with zero attached hydrogens (tertiary/aromatic N) is 2. The standard InChI is InChI=1S/C16H16N4O2S2/c21-14-12(8-18-16-20(14)5-6-23-16)19-15(22)17-7-10-9-24-13-4-2-1-3-11(10)13/h5-6,8-9H,1-4,7H2,(H2,17,19,22). The molecule has 0 saturated carbocycles. The zero-order valence-corrected chi connectivity index (χ0v) is 14.5. The zero-order valence-electron chi connectivity index (χ0n) is 12.9. The highest BCUT2D eigenvalue weighted by atomic mass is 32.1. The second-order valence-corrected chi connectivity index (χ2v) is 7.55. The van der Waals surface area contributed by atoms with Crippen LogP contribution in [0, 0.1) is 0 Å². The summed E-state index contributed by atoms with van der Waals surface area (Å²) in [6.45, 7) is 0.479. The predicted molar refractivity (Wildman–Crippen MR) is 96.2 cm³/mol. The van der Waals surface area contributed by atoms with Gasteiger partial charge in [-0.05, 0) is 42.2 Å². The van der Waals surface area contributed by atoms with Gasteiger partial charge in [0.1, 0.15) is 5.69 Å². The van der Waals surface area contributed by atoms with Gasteiger partial charge in [0.05, 0.1) is 6.20 Å². The van der Waals surface area contributed by atoms with E-state index in [1.54, 1.807) is 22.9 Å². The van der Waals surface area contributed by atoms with Crippen LogP contribution in [0.25, 0.3) is 4.96 Å². The lowest BCUT2D eigenvalue weighted by molar-refractivity contribution is 0.251. The predicted octanol–water partition coefficient (Wildman–Crippen LogP) is 3.02. The fraction of sp³-hybridized carbons (Fsp3) is 0.312. The molecule has 2 N–H and O–H groups in total. The van der Waals surface area contributed by atoms with Crippen molar-refractivity contribution < 1.29 is 4.79 Å². The molecule has 124 valence electrons. The summed E-state index contributed by atoms with van der Waals surface area (Å²) in [6.07, 6.45) is 7.76. The minimum absolute atomic E-state index is 0.177. The SMILES string of the molecule is O=C(NCc1csc2c1CCCC2)Nc1cnc2sccn2c1=O. The smallest absolute Gasteiger partial charge is 0.319 e. The van der Waals surface area contributed by atoms with Crippen LogP contribution in [0.3, 0.4) is 0 Å². The molecular formula is C16H16N4O2S2. The summed E-state index contributed by atoms with van der Waals surface area (Å²) in [5.41, 5.74) is 2.49. The first-order valence-electron chi connectivity index (χ1n) is 7.80. The number of hydrogen-bond acceptors (Lipinski definition) is 5. The van der Waals surface area contributed by atoms with Gasteiger partial charge in [-0.3, -0.25) is 9.20 Å². The average molecular weight is 360 g/mol. The van der Waals surface area contributed by atoms with Crippen molar-refractivity contribution in [3.05, 3.63) is 49.5 Å². The summed E-state index contributed by atoms with van der Waals surface area (Å²) in [6, 6.07) is -0.389. The number of hydrogen-bond donors (Lipinski definition) is 2. The van der Waals surface area contributed by atoms with E-state index in [4.69, 9.17) is 0 Å². The number of carbonyl (C=O) groups excluding carboxylic acids is 1. The van der Waals surface area contributed by atoms with E-state index in [2.05, 4.69) is 21.0 Å². The topological polar surface area (TPSA) is 75.5 Å². The van der Waals surface area contributed by atoms with Gasteiger partial charge in [-0.1, -0.05) is 0 Å². The molecule has 3 heterocycles. The lowest BCUT2D eigenvalue weighted by atomic mass is 9.96. The Bertz CT molecular complexity index is 957. The van der Waals surface area contributed by atoms with Crippen LogP contribution in [0.1, 0.15) is 28.8 Å². The van der Waals surface area contributed by atoms with E-state index >= 15 is 0 Å². The Morgan fingerprint density at radius 3 is 3.08 bits per heavy atom. The second-order valence-electron chi connectivity index (χ2n) is 5.71. The third-order valence-corrected chi connectivity index (χ3v) is 6.09. The fourth-order valence-corrected chi connectivity index (χ4v) is 4.78. The van der Waals surface area contributed by atoms with Crippen LogP contribution in [0.4, 0.5) is 10.5 Å². The van der Waals surface area contributed by atoms with Crippen LogP contribution >= 0.6 is 22.7 Å². The number of aromatic nitrogens is 2. The highest BCUT2D eigenvalue weighted by molar-refractivity contribution is 7.15. The molecule has 0 fully saturated rings. The lowest BCUT2D eigenvalue weighted by Gasteiger charge is -2.13. The van der Waals surface area contributed by atoms with Crippen LogP contribution in [0.5, 0.6) is 0 Å². The van der Waals surface area contributed by atoms with Crippen LogP contribution in [0.15, 0.2) is 27.9 Å². The number of nitrogens with one attached hydrogen (secondary N) is 2. The maximum atomic E-state index is 12.2. The number of thiophene rings is 1. The molecule has 0 radical (unpaired) electrons. The van der Waals surface area contributed by atoms with E-state index < -0.39 is 0 Å². The van der Waals surface area contributed by atoms with E-state index in [0.29, 0.717) is 11.5 Å². The molecule has 0 aromatic carbocycles. The maximum Gasteiger partial charge on any atom is 0.319 e. The molecule has 8 heteroatoms. The van der Waals surface area contributed by atoms with Gasteiger partial charge in [0.15, 0.2) is 4.96 Å². The first-order valence-corrected chi connectivity index (χ1v) is 9.56. The molecule has 3 aromatic rings. The molecule has 6 nitrogen and oxygen atoms in total. The van der Waals surface area contributed by atoms with Crippen molar-refractivity contribution in [3.8, 4) is 0 Å². The Balaban J connectivity index is 1.44. The number of urea groups is 1. The van der Waals surface area contributed by atoms with Gasteiger partial charge in [0, 0.05) is 23.0 Å². The number of anilines is 1. The molecule has 2 amide bonds. The molecule has 24 heavy (non-hydrogen) atoms. The van der Waals surface area contributed by atoms with Crippen LogP contribution in [-0.4, -0.2) is 15.4 Å². The molecule has 3 aromatic heterocycles. The summed E-state index contributed by atoms with van der Waals surface area (Å²) in [5, 5.41) is 9.35. The highest BCUT2D eigenvalue weighted by Gasteiger charge is 2.16. The number of carbonyl (C=O) groups is 1. The van der Waals surface area contributed by atoms with Gasteiger partial charge >= 0.3 is 6.03 Å². The molecule has 1 aliphatic rings. The molecule has 1 aliphatic carbocycles. The largest absolute Gasteiger partial charge is 0.334 e. The molecular weight excluding hydrogens is 344 g/mol. The molecule has 0 atom stereocenters. The Morgan fingerprint density at radius 1 is 1.29 bits per heavy atom. The van der Waals surface area contributed by atoms with Crippen molar-refractivity contribution in [2.24, 2.45) is 0 Å². The quantitative estimate of drug-likeness (QED) is 0.754. The maximum absolute atomic E-state index is 12.2. The van der Waals surface area contributed by atoms with E-state index in [1.807, 2.05) is 0 Å². The first-order chi connectivity index (χ1) is 11.7. The minimum Gasteiger partial charge on any atom is -0.334 e. The van der Waals surface area contributed by atoms with E-state index in [-0.39, 0.29) is 17.3 Å². The van der Waals surface area contributed by atoms with E-state index in [1.165, 1.54) is 50.8 Å². The van der Waals surface area contributed by atoms with Crippen molar-refractivity contribution in [2.45, 2.75) is 32.2 Å². The number of fused-ring (bicyclic) bond motifs is 2. The number of amides is 2. The molecule has 0 bridgehead atoms. The molecule has 0 spiro atoms. The van der Waals surface area contributed by atoms with Gasteiger partial charge in [-0.2, -0.15) is 0 Å². The Labute approximate surface area is 146 Å². The van der Waals surface area contributed by atoms with Crippen LogP contribution in [-0.2, 0) is 19.4 Å². The normalized spacial score (nSPS) is 13.7. The third kappa shape index (κ3) is 2.83. The average Bonchev–Trinajstić information content (AvgIpc) is 3.23. The summed E-state index contributed by atoms with van der Waals surface area (Å²) >= 11 is 3.15. The van der Waals surface area contributed by atoms with Crippen molar-refractivity contribution >= 4 is 39.4 Å². The van der Waals surface area contributed by atoms with Crippen LogP contribution < -0.4 is 16.2 Å². The highest BCUT2D eigenvalue weighted by Crippen LogP contribution is 2.30. The summed E-state index contributed by atoms with van der Waals surface area (Å²) in [4.78, 5) is 30.6. The van der Waals surface area contributed by atoms with Crippen molar-refractivity contribution in [2.75, 3.05) is 5.32 Å². The zero-order chi connectivity index (χ0) is 16.5. The lowest BCUT2D eigenvalue weighted by Crippen LogP contribution is -2.31. The third-order valence-electron chi connectivity index (χ3n) is 4.18. The van der Waals surface area contributed by atoms with Gasteiger partial charge in [-0.25, -0.2) is 9.78 Å². The van der Waals surface area contributed by atoms with Gasteiger partial charge in [0.25, 0.3) is 5.56 Å². The van der Waals surface area contributed by atoms with E-state index in [9.17, 15) is 9.59 Å². The van der Waals surface area contributed by atoms with Crippen molar-refractivity contribution in [1.82, 2.24) is 14.7 Å². The number of aryl methyl sites for hydroxylation is 1. The van der Waals surface area contributed by atoms with E-state index in [0.717, 1.165) is 12.8 Å². The fourth-order valence-electron chi connectivity index (χ4n) is 2.96. The van der Waals surface area contributed by atoms with Gasteiger partial charge in [-0.15, -0.1) is 22.7 Å². The summed E-state index contributed by atoms with van der Waals surface area (Å²) < 4.78 is 1.43. The summed E-state index contributed by atoms with van der Waals surface area (Å²) in [7, 11) is 0. The number of rotatable bonds is 3. The molecule has 0 saturated heterocycles. The monoisotopic (exact) mass is 360 g/mol. The Morgan fingerprint density at radius 2 is 2.17 bits per heavy atom. The van der Waals surface area contributed by atoms with Crippen molar-refractivity contribution in [1.29, 1.82) is 0 Å². The van der Waals surface area contributed by atoms with Crippen LogP contribution in [0.2, 0.25) is 0 Å². The minimum atomic E-state index is -0.389. The first kappa shape index (κ1) is 15.3. The summed E-state index contributed by atoms with van der Waals surface area (Å²) in [5.74, 6) is 0. The second kappa shape index (κ2) is 6.37. The van der Waals surface area contributed by atoms with Crippen molar-refractivity contribution in [3.63, 3.8) is 0 Å².